The van der Waals surface area contributed by atoms with Crippen LogP contribution in [-0.4, -0.2) is 40.4 Å². The van der Waals surface area contributed by atoms with Gasteiger partial charge in [0, 0.05) is 11.1 Å². The standard InChI is InChI=1S/C21H38O2P2/c1-8-10-11-17(9-2)14-23-21-13-18(15-24(4)5)20(22-3)12-19(21)16-25(6)7/h12-13,17H,8-11,14-16H2,1-7H3. The number of benzene rings is 1. The van der Waals surface area contributed by atoms with Crippen molar-refractivity contribution >= 4 is 15.8 Å². The zero-order chi connectivity index (χ0) is 18.8. The topological polar surface area (TPSA) is 18.5 Å². The number of hydrogen-bond donors (Lipinski definition) is 0. The predicted molar refractivity (Wildman–Crippen MR) is 117 cm³/mol. The van der Waals surface area contributed by atoms with E-state index in [-0.39, 0.29) is 15.8 Å². The lowest BCUT2D eigenvalue weighted by Crippen LogP contribution is -2.12. The average Bonchev–Trinajstić information content (AvgIpc) is 2.55. The minimum Gasteiger partial charge on any atom is -0.496 e. The average molecular weight is 384 g/mol. The molecule has 0 fully saturated rings. The van der Waals surface area contributed by atoms with Gasteiger partial charge in [0.1, 0.15) is 11.5 Å². The first-order chi connectivity index (χ1) is 11.9. The van der Waals surface area contributed by atoms with Crippen LogP contribution in [0.2, 0.25) is 0 Å². The molecule has 0 amide bonds. The summed E-state index contributed by atoms with van der Waals surface area (Å²) in [6.45, 7) is 14.7. The van der Waals surface area contributed by atoms with E-state index in [0.29, 0.717) is 5.92 Å². The summed E-state index contributed by atoms with van der Waals surface area (Å²) in [5.41, 5.74) is 2.62. The molecule has 1 aromatic carbocycles. The van der Waals surface area contributed by atoms with Crippen molar-refractivity contribution in [3.63, 3.8) is 0 Å². The molecule has 0 saturated carbocycles. The molecule has 0 N–H and O–H groups in total. The van der Waals surface area contributed by atoms with Gasteiger partial charge in [-0.25, -0.2) is 0 Å². The Kier molecular flexibility index (Phi) is 11.0. The summed E-state index contributed by atoms with van der Waals surface area (Å²) in [5, 5.41) is 0. The molecule has 4 heteroatoms. The van der Waals surface area contributed by atoms with Crippen molar-refractivity contribution in [1.82, 2.24) is 0 Å². The molecule has 144 valence electrons. The van der Waals surface area contributed by atoms with Crippen LogP contribution >= 0.6 is 15.8 Å². The monoisotopic (exact) mass is 384 g/mol. The summed E-state index contributed by atoms with van der Waals surface area (Å²) in [6.07, 6.45) is 7.22. The molecule has 1 rings (SSSR count). The van der Waals surface area contributed by atoms with E-state index in [2.05, 4.69) is 52.6 Å². The fourth-order valence-corrected chi connectivity index (χ4v) is 4.86. The van der Waals surface area contributed by atoms with Crippen LogP contribution in [0, 0.1) is 5.92 Å². The molecule has 0 aliphatic carbocycles. The van der Waals surface area contributed by atoms with Gasteiger partial charge in [0.05, 0.1) is 13.7 Å². The Labute approximate surface area is 158 Å². The third kappa shape index (κ3) is 8.27. The quantitative estimate of drug-likeness (QED) is 0.370. The van der Waals surface area contributed by atoms with Crippen molar-refractivity contribution < 1.29 is 9.47 Å². The first kappa shape index (κ1) is 22.7. The van der Waals surface area contributed by atoms with Crippen LogP contribution in [0.5, 0.6) is 11.5 Å². The molecule has 1 atom stereocenters. The van der Waals surface area contributed by atoms with E-state index < -0.39 is 0 Å². The smallest absolute Gasteiger partial charge is 0.123 e. The maximum Gasteiger partial charge on any atom is 0.123 e. The first-order valence-electron chi connectivity index (χ1n) is 9.53. The minimum absolute atomic E-state index is 0.00175. The van der Waals surface area contributed by atoms with E-state index >= 15 is 0 Å². The molecule has 0 aliphatic rings. The Bertz CT molecular complexity index is 501. The van der Waals surface area contributed by atoms with Crippen LogP contribution in [0.4, 0.5) is 0 Å². The number of unbranched alkanes of at least 4 members (excludes halogenated alkanes) is 1. The number of ether oxygens (including phenoxy) is 2. The van der Waals surface area contributed by atoms with E-state index in [9.17, 15) is 0 Å². The molecule has 0 aromatic heterocycles. The van der Waals surface area contributed by atoms with Gasteiger partial charge in [0.25, 0.3) is 0 Å². The summed E-state index contributed by atoms with van der Waals surface area (Å²) in [7, 11) is 1.78. The Morgan fingerprint density at radius 2 is 1.48 bits per heavy atom. The van der Waals surface area contributed by atoms with Crippen molar-refractivity contribution in [3.05, 3.63) is 23.3 Å². The highest BCUT2D eigenvalue weighted by Gasteiger charge is 2.15. The van der Waals surface area contributed by atoms with Gasteiger partial charge in [-0.1, -0.05) is 33.1 Å². The molecule has 0 saturated heterocycles. The summed E-state index contributed by atoms with van der Waals surface area (Å²) >= 11 is 0. The second kappa shape index (κ2) is 12.1. The van der Waals surface area contributed by atoms with Crippen molar-refractivity contribution in [2.24, 2.45) is 5.92 Å². The maximum atomic E-state index is 6.37. The molecule has 0 spiro atoms. The van der Waals surface area contributed by atoms with E-state index in [0.717, 1.165) is 30.4 Å². The number of hydrogen-bond acceptors (Lipinski definition) is 2. The lowest BCUT2D eigenvalue weighted by atomic mass is 10.0. The van der Waals surface area contributed by atoms with Crippen LogP contribution in [0.3, 0.4) is 0 Å². The second-order valence-corrected chi connectivity index (χ2v) is 12.4. The van der Waals surface area contributed by atoms with Gasteiger partial charge in [-0.3, -0.25) is 0 Å². The first-order valence-corrected chi connectivity index (χ1v) is 14.4. The molecular formula is C21H38O2P2. The predicted octanol–water partition coefficient (Wildman–Crippen LogP) is 6.77. The fraction of sp³-hybridized carbons (Fsp3) is 0.714. The molecule has 2 nitrogen and oxygen atoms in total. The largest absolute Gasteiger partial charge is 0.496 e. The highest BCUT2D eigenvalue weighted by Crippen LogP contribution is 2.41. The molecule has 1 unspecified atom stereocenters. The van der Waals surface area contributed by atoms with Crippen molar-refractivity contribution in [2.45, 2.75) is 51.9 Å². The Morgan fingerprint density at radius 3 is 1.96 bits per heavy atom. The fourth-order valence-electron chi connectivity index (χ4n) is 3.00. The van der Waals surface area contributed by atoms with E-state index in [1.807, 2.05) is 0 Å². The summed E-state index contributed by atoms with van der Waals surface area (Å²) in [4.78, 5) is 0. The third-order valence-corrected chi connectivity index (χ3v) is 6.40. The summed E-state index contributed by atoms with van der Waals surface area (Å²) < 4.78 is 12.1. The SMILES string of the molecule is CCCCC(CC)COc1cc(CP(C)C)c(OC)cc1CP(C)C. The highest BCUT2D eigenvalue weighted by atomic mass is 31.1. The van der Waals surface area contributed by atoms with Crippen LogP contribution in [-0.2, 0) is 12.3 Å². The van der Waals surface area contributed by atoms with Crippen LogP contribution in [0.1, 0.15) is 50.7 Å². The van der Waals surface area contributed by atoms with Gasteiger partial charge in [-0.15, -0.1) is 15.8 Å². The Morgan fingerprint density at radius 1 is 0.920 bits per heavy atom. The summed E-state index contributed by atoms with van der Waals surface area (Å²) in [6, 6.07) is 4.50. The number of methoxy groups -OCH3 is 1. The van der Waals surface area contributed by atoms with Crippen LogP contribution in [0.15, 0.2) is 12.1 Å². The van der Waals surface area contributed by atoms with E-state index in [1.165, 1.54) is 36.8 Å². The Hall–Kier alpha value is -0.320. The lowest BCUT2D eigenvalue weighted by molar-refractivity contribution is 0.231. The van der Waals surface area contributed by atoms with Gasteiger partial charge >= 0.3 is 0 Å². The lowest BCUT2D eigenvalue weighted by Gasteiger charge is -2.21. The normalized spacial score (nSPS) is 12.7. The van der Waals surface area contributed by atoms with Gasteiger partial charge < -0.3 is 9.47 Å². The van der Waals surface area contributed by atoms with Gasteiger partial charge in [0.2, 0.25) is 0 Å². The number of rotatable bonds is 12. The van der Waals surface area contributed by atoms with Crippen LogP contribution in [0.25, 0.3) is 0 Å². The molecular weight excluding hydrogens is 346 g/mol. The molecule has 0 aliphatic heterocycles. The molecule has 0 heterocycles. The zero-order valence-corrected chi connectivity index (χ0v) is 19.2. The molecule has 0 bridgehead atoms. The van der Waals surface area contributed by atoms with Gasteiger partial charge in [-0.2, -0.15) is 0 Å². The molecule has 25 heavy (non-hydrogen) atoms. The van der Waals surface area contributed by atoms with E-state index in [4.69, 9.17) is 9.47 Å². The van der Waals surface area contributed by atoms with Gasteiger partial charge in [0.15, 0.2) is 0 Å². The van der Waals surface area contributed by atoms with Crippen molar-refractivity contribution in [1.29, 1.82) is 0 Å². The second-order valence-electron chi connectivity index (χ2n) is 7.47. The maximum absolute atomic E-state index is 6.37. The third-order valence-electron chi connectivity index (χ3n) is 4.45. The minimum atomic E-state index is -0.00723. The van der Waals surface area contributed by atoms with E-state index in [1.54, 1.807) is 7.11 Å². The zero-order valence-electron chi connectivity index (χ0n) is 17.4. The van der Waals surface area contributed by atoms with Gasteiger partial charge in [-0.05, 0) is 63.5 Å². The van der Waals surface area contributed by atoms with Crippen molar-refractivity contribution in [3.8, 4) is 11.5 Å². The highest BCUT2D eigenvalue weighted by molar-refractivity contribution is 7.55. The van der Waals surface area contributed by atoms with Crippen molar-refractivity contribution in [2.75, 3.05) is 40.4 Å². The van der Waals surface area contributed by atoms with Crippen LogP contribution < -0.4 is 9.47 Å². The molecule has 1 aromatic rings. The Balaban J connectivity index is 3.02. The summed E-state index contributed by atoms with van der Waals surface area (Å²) in [5.74, 6) is 2.80. The molecule has 0 radical (unpaired) electrons.